The van der Waals surface area contributed by atoms with Crippen LogP contribution in [0.5, 0.6) is 0 Å². The van der Waals surface area contributed by atoms with Crippen molar-refractivity contribution >= 4 is 23.2 Å². The molecule has 0 aliphatic rings. The van der Waals surface area contributed by atoms with E-state index in [1.165, 1.54) is 6.07 Å². The largest absolute Gasteiger partial charge is 0.207 e. The second-order valence-electron chi connectivity index (χ2n) is 4.49. The minimum absolute atomic E-state index is 0.266. The third-order valence-corrected chi connectivity index (χ3v) is 3.94. The van der Waals surface area contributed by atoms with Crippen molar-refractivity contribution in [3.63, 3.8) is 0 Å². The molecule has 0 nitrogen and oxygen atoms in total. The first-order chi connectivity index (χ1) is 8.90. The quantitative estimate of drug-likeness (QED) is 0.637. The van der Waals surface area contributed by atoms with E-state index in [2.05, 4.69) is 0 Å². The predicted molar refractivity (Wildman–Crippen MR) is 75.0 cm³/mol. The molecule has 0 fully saturated rings. The Balaban J connectivity index is 2.46. The van der Waals surface area contributed by atoms with Gasteiger partial charge in [-0.2, -0.15) is 0 Å². The first-order valence-corrected chi connectivity index (χ1v) is 6.57. The molecule has 19 heavy (non-hydrogen) atoms. The van der Waals surface area contributed by atoms with Crippen LogP contribution < -0.4 is 0 Å². The molecule has 0 spiro atoms. The average Bonchev–Trinajstić information content (AvgIpc) is 2.36. The van der Waals surface area contributed by atoms with Gasteiger partial charge in [-0.25, -0.2) is 8.78 Å². The van der Waals surface area contributed by atoms with Crippen molar-refractivity contribution in [2.24, 2.45) is 0 Å². The summed E-state index contributed by atoms with van der Waals surface area (Å²) in [4.78, 5) is 0. The minimum Gasteiger partial charge on any atom is -0.207 e. The van der Waals surface area contributed by atoms with E-state index in [4.69, 9.17) is 23.2 Å². The molecule has 0 heterocycles. The number of hydrogen-bond acceptors (Lipinski definition) is 0. The van der Waals surface area contributed by atoms with Gasteiger partial charge in [-0.3, -0.25) is 0 Å². The van der Waals surface area contributed by atoms with Crippen LogP contribution in [0.4, 0.5) is 8.78 Å². The lowest BCUT2D eigenvalue weighted by molar-refractivity contribution is 0.568. The summed E-state index contributed by atoms with van der Waals surface area (Å²) in [6.07, 6.45) is 0. The predicted octanol–water partition coefficient (Wildman–Crippen LogP) is 5.56. The second-order valence-corrected chi connectivity index (χ2v) is 5.34. The van der Waals surface area contributed by atoms with Gasteiger partial charge < -0.3 is 0 Å². The normalized spacial score (nSPS) is 12.5. The SMILES string of the molecule is Cc1cc(C(Cl)c2ccc(Cl)c(C)c2)c(F)cc1F. The standard InChI is InChI=1S/C15H12Cl2F2/c1-8-5-10(3-4-12(8)16)15(17)11-6-9(2)13(18)7-14(11)19/h3-7,15H,1-2H3. The molecule has 0 radical (unpaired) electrons. The number of benzene rings is 2. The first-order valence-electron chi connectivity index (χ1n) is 5.76. The van der Waals surface area contributed by atoms with Crippen LogP contribution in [0.2, 0.25) is 5.02 Å². The third kappa shape index (κ3) is 2.90. The van der Waals surface area contributed by atoms with Gasteiger partial charge >= 0.3 is 0 Å². The summed E-state index contributed by atoms with van der Waals surface area (Å²) in [7, 11) is 0. The van der Waals surface area contributed by atoms with E-state index in [-0.39, 0.29) is 5.56 Å². The highest BCUT2D eigenvalue weighted by molar-refractivity contribution is 6.31. The molecule has 0 aliphatic heterocycles. The highest BCUT2D eigenvalue weighted by Gasteiger charge is 2.17. The number of alkyl halides is 1. The fourth-order valence-corrected chi connectivity index (χ4v) is 2.30. The second kappa shape index (κ2) is 5.48. The van der Waals surface area contributed by atoms with Crippen LogP contribution in [0.3, 0.4) is 0 Å². The molecule has 100 valence electrons. The van der Waals surface area contributed by atoms with Crippen molar-refractivity contribution in [2.75, 3.05) is 0 Å². The van der Waals surface area contributed by atoms with Crippen LogP contribution in [0, 0.1) is 25.5 Å². The number of aryl methyl sites for hydroxylation is 2. The fourth-order valence-electron chi connectivity index (χ4n) is 1.88. The van der Waals surface area contributed by atoms with Gasteiger partial charge in [0.15, 0.2) is 0 Å². The van der Waals surface area contributed by atoms with E-state index in [0.717, 1.165) is 17.2 Å². The lowest BCUT2D eigenvalue weighted by Crippen LogP contribution is -2.00. The maximum Gasteiger partial charge on any atom is 0.131 e. The number of halogens is 4. The van der Waals surface area contributed by atoms with E-state index >= 15 is 0 Å². The third-order valence-electron chi connectivity index (χ3n) is 3.03. The molecule has 0 bridgehead atoms. The van der Waals surface area contributed by atoms with Crippen LogP contribution >= 0.6 is 23.2 Å². The van der Waals surface area contributed by atoms with Gasteiger partial charge in [-0.15, -0.1) is 11.6 Å². The van der Waals surface area contributed by atoms with E-state index in [9.17, 15) is 8.78 Å². The van der Waals surface area contributed by atoms with Gasteiger partial charge in [-0.1, -0.05) is 23.7 Å². The summed E-state index contributed by atoms with van der Waals surface area (Å²) in [5.74, 6) is -1.21. The van der Waals surface area contributed by atoms with Crippen molar-refractivity contribution < 1.29 is 8.78 Å². The van der Waals surface area contributed by atoms with Crippen LogP contribution in [-0.2, 0) is 0 Å². The molecule has 0 amide bonds. The highest BCUT2D eigenvalue weighted by atomic mass is 35.5. The Kier molecular flexibility index (Phi) is 4.12. The minimum atomic E-state index is -0.671. The summed E-state index contributed by atoms with van der Waals surface area (Å²) in [6.45, 7) is 3.43. The van der Waals surface area contributed by atoms with Crippen LogP contribution in [0.1, 0.15) is 27.6 Å². The Morgan fingerprint density at radius 3 is 2.26 bits per heavy atom. The van der Waals surface area contributed by atoms with Gasteiger partial charge in [0.1, 0.15) is 11.6 Å². The highest BCUT2D eigenvalue weighted by Crippen LogP contribution is 2.33. The van der Waals surface area contributed by atoms with Gasteiger partial charge in [0.05, 0.1) is 5.38 Å². The molecule has 0 aromatic heterocycles. The van der Waals surface area contributed by atoms with Gasteiger partial charge in [0.25, 0.3) is 0 Å². The van der Waals surface area contributed by atoms with Gasteiger partial charge in [-0.05, 0) is 42.7 Å². The fraction of sp³-hybridized carbons (Fsp3) is 0.200. The Morgan fingerprint density at radius 2 is 1.63 bits per heavy atom. The Labute approximate surface area is 121 Å². The van der Waals surface area contributed by atoms with Crippen LogP contribution in [-0.4, -0.2) is 0 Å². The Bertz CT molecular complexity index is 624. The zero-order valence-corrected chi connectivity index (χ0v) is 12.0. The molecule has 2 aromatic rings. The average molecular weight is 301 g/mol. The van der Waals surface area contributed by atoms with E-state index < -0.39 is 17.0 Å². The lowest BCUT2D eigenvalue weighted by atomic mass is 10.0. The molecular formula is C15H12Cl2F2. The summed E-state index contributed by atoms with van der Waals surface area (Å²) < 4.78 is 27.0. The van der Waals surface area contributed by atoms with Crippen molar-refractivity contribution in [2.45, 2.75) is 19.2 Å². The van der Waals surface area contributed by atoms with Crippen molar-refractivity contribution in [1.29, 1.82) is 0 Å². The molecule has 1 unspecified atom stereocenters. The topological polar surface area (TPSA) is 0 Å². The summed E-state index contributed by atoms with van der Waals surface area (Å²) in [5, 5.41) is -0.0429. The summed E-state index contributed by atoms with van der Waals surface area (Å²) in [5.41, 5.74) is 2.23. The molecule has 1 atom stereocenters. The molecule has 0 aliphatic carbocycles. The molecule has 0 N–H and O–H groups in total. The zero-order chi connectivity index (χ0) is 14.2. The van der Waals surface area contributed by atoms with Crippen molar-refractivity contribution in [3.05, 3.63) is 69.2 Å². The number of hydrogen-bond donors (Lipinski definition) is 0. The molecule has 0 saturated heterocycles. The van der Waals surface area contributed by atoms with E-state index in [1.807, 2.05) is 6.92 Å². The van der Waals surface area contributed by atoms with Crippen LogP contribution in [0.25, 0.3) is 0 Å². The Hall–Kier alpha value is -1.12. The maximum atomic E-state index is 13.8. The van der Waals surface area contributed by atoms with E-state index in [1.54, 1.807) is 25.1 Å². The molecular weight excluding hydrogens is 289 g/mol. The molecule has 2 rings (SSSR count). The van der Waals surface area contributed by atoms with Gasteiger partial charge in [0, 0.05) is 16.7 Å². The summed E-state index contributed by atoms with van der Waals surface area (Å²) in [6, 6.07) is 7.56. The molecule has 4 heteroatoms. The summed E-state index contributed by atoms with van der Waals surface area (Å²) >= 11 is 12.2. The molecule has 0 saturated carbocycles. The van der Waals surface area contributed by atoms with Crippen molar-refractivity contribution in [1.82, 2.24) is 0 Å². The number of rotatable bonds is 2. The smallest absolute Gasteiger partial charge is 0.131 e. The zero-order valence-electron chi connectivity index (χ0n) is 10.5. The van der Waals surface area contributed by atoms with Crippen molar-refractivity contribution in [3.8, 4) is 0 Å². The lowest BCUT2D eigenvalue weighted by Gasteiger charge is -2.14. The van der Waals surface area contributed by atoms with Gasteiger partial charge in [0.2, 0.25) is 0 Å². The maximum absolute atomic E-state index is 13.8. The molecule has 2 aromatic carbocycles. The van der Waals surface area contributed by atoms with E-state index in [0.29, 0.717) is 10.6 Å². The first kappa shape index (κ1) is 14.3. The Morgan fingerprint density at radius 1 is 0.947 bits per heavy atom. The monoisotopic (exact) mass is 300 g/mol. The van der Waals surface area contributed by atoms with Crippen LogP contribution in [0.15, 0.2) is 30.3 Å².